The number of amides is 2. The van der Waals surface area contributed by atoms with Crippen molar-refractivity contribution in [3.05, 3.63) is 105 Å². The van der Waals surface area contributed by atoms with Gasteiger partial charge >= 0.3 is 30.7 Å². The second-order valence-electron chi connectivity index (χ2n) is 13.2. The number of aliphatic carboxylic acids is 4. The van der Waals surface area contributed by atoms with Crippen LogP contribution < -0.4 is 54.0 Å². The van der Waals surface area contributed by atoms with Gasteiger partial charge in [0.25, 0.3) is 11.8 Å². The van der Waals surface area contributed by atoms with Crippen LogP contribution in [0.5, 0.6) is 0 Å². The molecule has 0 fully saturated rings. The number of carbonyl (C=O) groups is 7. The fourth-order valence-electron chi connectivity index (χ4n) is 4.22. The van der Waals surface area contributed by atoms with Crippen molar-refractivity contribution in [2.24, 2.45) is 0 Å². The number of halogens is 12. The molecule has 0 aromatic heterocycles. The second kappa shape index (κ2) is 34.7. The van der Waals surface area contributed by atoms with E-state index in [-0.39, 0.29) is 30.5 Å². The summed E-state index contributed by atoms with van der Waals surface area (Å²) in [5.74, 6) is 22.0. The molecule has 0 aliphatic rings. The number of carboxylic acid groups (broad SMARTS) is 4. The molecule has 0 atom stereocenters. The molecular weight excluding hydrogens is 1080 g/mol. The summed E-state index contributed by atoms with van der Waals surface area (Å²) >= 11 is 0. The molecule has 0 heterocycles. The zero-order chi connectivity index (χ0) is 60.5. The lowest BCUT2D eigenvalue weighted by molar-refractivity contribution is -0.350. The van der Waals surface area contributed by atoms with Crippen LogP contribution >= 0.6 is 0 Å². The van der Waals surface area contributed by atoms with Crippen molar-refractivity contribution in [2.45, 2.75) is 24.7 Å². The van der Waals surface area contributed by atoms with Gasteiger partial charge in [0.2, 0.25) is 0 Å². The molecule has 0 unspecified atom stereocenters. The summed E-state index contributed by atoms with van der Waals surface area (Å²) in [7, 11) is 1.28. The highest BCUT2D eigenvalue weighted by Crippen LogP contribution is 2.15. The summed E-state index contributed by atoms with van der Waals surface area (Å²) in [5, 5.41) is 40.7. The van der Waals surface area contributed by atoms with Crippen molar-refractivity contribution in [1.29, 1.82) is 0 Å². The Balaban J connectivity index is 0. The Morgan fingerprint density at radius 3 is 0.769 bits per heavy atom. The van der Waals surface area contributed by atoms with Crippen LogP contribution in [0.2, 0.25) is 0 Å². The number of carboxylic acids is 4. The first kappa shape index (κ1) is 70.4. The highest BCUT2D eigenvalue weighted by molar-refractivity contribution is 5.96. The molecular formula is C48H38F12N6O12. The van der Waals surface area contributed by atoms with Gasteiger partial charge in [-0.25, -0.2) is 4.79 Å². The van der Waals surface area contributed by atoms with E-state index in [0.29, 0.717) is 70.7 Å². The van der Waals surface area contributed by atoms with E-state index >= 15 is 0 Å². The van der Waals surface area contributed by atoms with E-state index < -0.39 is 54.6 Å². The molecule has 78 heavy (non-hydrogen) atoms. The summed E-state index contributed by atoms with van der Waals surface area (Å²) in [4.78, 5) is 73.3. The molecule has 0 aliphatic heterocycles. The number of ether oxygens (including phenoxy) is 1. The van der Waals surface area contributed by atoms with Crippen LogP contribution in [0.4, 0.5) is 52.7 Å². The number of methoxy groups -OCH3 is 1. The smallest absolute Gasteiger partial charge is 0.430 e. The van der Waals surface area contributed by atoms with E-state index in [1.807, 2.05) is 12.1 Å². The first-order valence-electron chi connectivity index (χ1n) is 20.4. The Hall–Kier alpha value is -9.69. The van der Waals surface area contributed by atoms with Crippen LogP contribution in [0.3, 0.4) is 0 Å². The van der Waals surface area contributed by atoms with Crippen LogP contribution in [-0.2, 0) is 23.9 Å². The Bertz CT molecular complexity index is 2710. The van der Waals surface area contributed by atoms with Gasteiger partial charge in [0.1, 0.15) is 50.1 Å². The topological polar surface area (TPSA) is 356 Å². The first-order valence-corrected chi connectivity index (χ1v) is 20.4. The lowest BCUT2D eigenvalue weighted by Crippen LogP contribution is -2.49. The van der Waals surface area contributed by atoms with Crippen LogP contribution in [0, 0.1) is 71.0 Å². The minimum absolute atomic E-state index is 0.0355. The molecule has 0 bridgehead atoms. The van der Waals surface area contributed by atoms with Gasteiger partial charge in [-0.3, -0.25) is 9.59 Å². The molecule has 3 rings (SSSR count). The van der Waals surface area contributed by atoms with Crippen molar-refractivity contribution in [2.75, 3.05) is 46.4 Å². The van der Waals surface area contributed by atoms with Crippen LogP contribution in [0.15, 0.2) is 54.6 Å². The first-order chi connectivity index (χ1) is 36.1. The van der Waals surface area contributed by atoms with E-state index in [9.17, 15) is 67.1 Å². The fraction of sp³-hybridized carbons (Fsp3) is 0.229. The number of hydrogen-bond donors (Lipinski definition) is 6. The Morgan fingerprint density at radius 1 is 0.397 bits per heavy atom. The largest absolute Gasteiger partial charge is 0.542 e. The number of hydrogen-bond acceptors (Lipinski definition) is 12. The molecule has 416 valence electrons. The molecule has 3 aromatic carbocycles. The summed E-state index contributed by atoms with van der Waals surface area (Å²) in [6.07, 6.45) is -20.8. The molecule has 0 spiro atoms. The third-order valence-corrected chi connectivity index (χ3v) is 7.24. The van der Waals surface area contributed by atoms with Gasteiger partial charge in [0.15, 0.2) is 0 Å². The maximum atomic E-state index is 12.9. The minimum Gasteiger partial charge on any atom is -0.542 e. The highest BCUT2D eigenvalue weighted by atomic mass is 19.4. The molecule has 3 aromatic rings. The number of esters is 1. The third-order valence-electron chi connectivity index (χ3n) is 7.24. The van der Waals surface area contributed by atoms with E-state index in [0.717, 1.165) is 0 Å². The second-order valence-corrected chi connectivity index (χ2v) is 13.2. The Morgan fingerprint density at radius 2 is 0.590 bits per heavy atom. The molecule has 0 aliphatic carbocycles. The highest BCUT2D eigenvalue weighted by Gasteiger charge is 2.30. The summed E-state index contributed by atoms with van der Waals surface area (Å²) in [6.45, 7) is 1.81. The van der Waals surface area contributed by atoms with Gasteiger partial charge in [-0.05, 0) is 78.3 Å². The van der Waals surface area contributed by atoms with Crippen molar-refractivity contribution in [3.8, 4) is 71.0 Å². The van der Waals surface area contributed by atoms with Crippen LogP contribution in [-0.4, -0.2) is 113 Å². The molecule has 0 radical (unpaired) electrons. The van der Waals surface area contributed by atoms with E-state index in [4.69, 9.17) is 44.3 Å². The number of nitrogens with one attached hydrogen (secondary N) is 2. The summed E-state index contributed by atoms with van der Waals surface area (Å²) in [6, 6.07) is 15.2. The Labute approximate surface area is 432 Å². The predicted molar refractivity (Wildman–Crippen MR) is 232 cm³/mol. The summed E-state index contributed by atoms with van der Waals surface area (Å²) < 4.78 is 131. The van der Waals surface area contributed by atoms with Crippen molar-refractivity contribution < 1.29 is 134 Å². The number of carbonyl (C=O) groups excluding carboxylic acids is 7. The molecule has 30 heteroatoms. The standard InChI is InChI=1S/C40H34N6O4.4C2HF3O2/c1-50-40(49)37-27-33(12-6-18-45-38(47)35-23-29(8-2-14-41)20-30(24-35)9-3-15-42)22-34(28-37)13-7-19-46-39(48)36-25-31(10-4-16-43)21-32(26-36)11-5-17-44;4*3-2(4,5)1(6)7/h20-28H,14-19,41-44H2,1H3,(H,45,47)(H,46,48);4*(H,6,7). The van der Waals surface area contributed by atoms with Gasteiger partial charge < -0.3 is 77.9 Å². The molecule has 14 N–H and O–H groups in total. The van der Waals surface area contributed by atoms with Gasteiger partial charge in [0, 0.05) is 44.5 Å². The van der Waals surface area contributed by atoms with Gasteiger partial charge in [0.05, 0.1) is 25.8 Å². The average Bonchev–Trinajstić information content (AvgIpc) is 3.35. The average molecular weight is 1120 g/mol. The van der Waals surface area contributed by atoms with E-state index in [1.54, 1.807) is 42.5 Å². The fourth-order valence-corrected chi connectivity index (χ4v) is 4.22. The van der Waals surface area contributed by atoms with Crippen molar-refractivity contribution >= 4 is 41.7 Å². The van der Waals surface area contributed by atoms with Gasteiger partial charge in [-0.15, -0.1) is 0 Å². The van der Waals surface area contributed by atoms with Gasteiger partial charge in [-0.1, -0.05) is 47.4 Å². The quantitative estimate of drug-likeness (QED) is 0.0793. The number of quaternary nitrogens is 4. The predicted octanol–water partition coefficient (Wildman–Crippen LogP) is -5.40. The Kier molecular flexibility index (Phi) is 31.3. The zero-order valence-electron chi connectivity index (χ0n) is 39.7. The molecule has 2 amide bonds. The maximum absolute atomic E-state index is 12.9. The van der Waals surface area contributed by atoms with Crippen LogP contribution in [0.25, 0.3) is 0 Å². The minimum atomic E-state index is -5.19. The zero-order valence-corrected chi connectivity index (χ0v) is 39.7. The molecule has 0 saturated heterocycles. The lowest BCUT2D eigenvalue weighted by Gasteiger charge is -2.04. The van der Waals surface area contributed by atoms with Crippen molar-refractivity contribution in [3.63, 3.8) is 0 Å². The summed E-state index contributed by atoms with van der Waals surface area (Å²) in [5.41, 5.74) is 19.5. The monoisotopic (exact) mass is 1120 g/mol. The number of rotatable bonds is 5. The third kappa shape index (κ3) is 31.8. The number of benzene rings is 3. The maximum Gasteiger partial charge on any atom is 0.430 e. The van der Waals surface area contributed by atoms with E-state index in [2.05, 4.69) is 105 Å². The molecule has 18 nitrogen and oxygen atoms in total. The van der Waals surface area contributed by atoms with Crippen LogP contribution in [0.1, 0.15) is 64.5 Å². The SMILES string of the molecule is COC(=O)c1cc(C#CCNC(=O)c2cc(C#CC[NH3+])cc(C#CC[NH3+])c2)cc(C#CCNC(=O)c2cc(C#CC[NH3+])cc(C#CC[NH3+])c2)c1.O=C([O-])C(F)(F)F.O=C([O-])C(F)(F)F.O=C([O-])C(F)(F)F.O=C([O-])C(F)(F)F. The van der Waals surface area contributed by atoms with Gasteiger partial charge in [-0.2, -0.15) is 52.7 Å². The van der Waals surface area contributed by atoms with Crippen molar-refractivity contribution in [1.82, 2.24) is 10.6 Å². The number of alkyl halides is 12. The molecule has 0 saturated carbocycles. The normalized spacial score (nSPS) is 9.86. The van der Waals surface area contributed by atoms with E-state index in [1.165, 1.54) is 7.11 Å². The lowest BCUT2D eigenvalue weighted by atomic mass is 10.0.